The standard InChI is InChI=1S/C60H34O/c1-2-7-35(8-3-1)44-26-20-42-25-30-50-45(27-21-43-24-29-49(44)56(42)57(43)50)37-13-15-38(16-14-37)46-33-34-52(60-58(46)53-32-19-36-9-4-5-12-47(36)59(53)61-60)48-28-22-41-18-17-39-10-6-11-40-23-31-51(48)55(41)54(39)40/h1-34H. The third kappa shape index (κ3) is 4.61. The Morgan fingerprint density at radius 2 is 0.623 bits per heavy atom. The zero-order valence-corrected chi connectivity index (χ0v) is 33.0. The van der Waals surface area contributed by atoms with Crippen molar-refractivity contribution in [2.45, 2.75) is 0 Å². The fraction of sp³-hybridized carbons (Fsp3) is 0. The Balaban J connectivity index is 0.962. The Kier molecular flexibility index (Phi) is 6.62. The molecule has 0 aliphatic heterocycles. The predicted molar refractivity (Wildman–Crippen MR) is 260 cm³/mol. The predicted octanol–water partition coefficient (Wildman–Crippen LogP) is 17.2. The Hall–Kier alpha value is -8.00. The highest BCUT2D eigenvalue weighted by atomic mass is 16.3. The molecule has 0 N–H and O–H groups in total. The van der Waals surface area contributed by atoms with Crippen LogP contribution in [0.4, 0.5) is 0 Å². The number of hydrogen-bond acceptors (Lipinski definition) is 1. The molecule has 14 rings (SSSR count). The first-order valence-electron chi connectivity index (χ1n) is 21.2. The Morgan fingerprint density at radius 1 is 0.197 bits per heavy atom. The molecule has 0 spiro atoms. The highest BCUT2D eigenvalue weighted by Gasteiger charge is 2.22. The van der Waals surface area contributed by atoms with Crippen LogP contribution in [0.3, 0.4) is 0 Å². The number of hydrogen-bond donors (Lipinski definition) is 0. The molecule has 0 bridgehead atoms. The van der Waals surface area contributed by atoms with Crippen LogP contribution in [-0.4, -0.2) is 0 Å². The molecule has 1 heterocycles. The lowest BCUT2D eigenvalue weighted by Crippen LogP contribution is -1.90. The smallest absolute Gasteiger partial charge is 0.143 e. The minimum absolute atomic E-state index is 0.921. The fourth-order valence-electron chi connectivity index (χ4n) is 10.8. The van der Waals surface area contributed by atoms with Crippen molar-refractivity contribution in [3.05, 3.63) is 206 Å². The monoisotopic (exact) mass is 770 g/mol. The minimum Gasteiger partial charge on any atom is -0.455 e. The normalized spacial score (nSPS) is 12.3. The summed E-state index contributed by atoms with van der Waals surface area (Å²) in [4.78, 5) is 0. The van der Waals surface area contributed by atoms with Crippen LogP contribution in [0.25, 0.3) is 142 Å². The second-order valence-corrected chi connectivity index (χ2v) is 16.7. The largest absolute Gasteiger partial charge is 0.455 e. The fourth-order valence-corrected chi connectivity index (χ4v) is 10.8. The molecule has 280 valence electrons. The lowest BCUT2D eigenvalue weighted by Gasteiger charge is -2.17. The van der Waals surface area contributed by atoms with Gasteiger partial charge >= 0.3 is 0 Å². The lowest BCUT2D eigenvalue weighted by molar-refractivity contribution is 0.674. The maximum Gasteiger partial charge on any atom is 0.143 e. The summed E-state index contributed by atoms with van der Waals surface area (Å²) in [5, 5.41) is 20.0. The van der Waals surface area contributed by atoms with E-state index in [4.69, 9.17) is 4.42 Å². The van der Waals surface area contributed by atoms with Crippen molar-refractivity contribution in [2.24, 2.45) is 0 Å². The molecule has 0 fully saturated rings. The number of fused-ring (bicyclic) bond motifs is 5. The van der Waals surface area contributed by atoms with Crippen LogP contribution in [0.15, 0.2) is 211 Å². The molecule has 1 heteroatoms. The molecule has 0 atom stereocenters. The maximum absolute atomic E-state index is 7.14. The van der Waals surface area contributed by atoms with Gasteiger partial charge in [0.1, 0.15) is 11.2 Å². The molecule has 1 aromatic heterocycles. The Morgan fingerprint density at radius 3 is 1.30 bits per heavy atom. The average Bonchev–Trinajstić information content (AvgIpc) is 3.73. The molecular formula is C60H34O. The van der Waals surface area contributed by atoms with Crippen molar-refractivity contribution in [1.29, 1.82) is 0 Å². The molecule has 0 radical (unpaired) electrons. The van der Waals surface area contributed by atoms with E-state index in [1.54, 1.807) is 0 Å². The van der Waals surface area contributed by atoms with Crippen LogP contribution in [0.5, 0.6) is 0 Å². The summed E-state index contributed by atoms with van der Waals surface area (Å²) in [7, 11) is 0. The molecule has 1 nitrogen and oxygen atoms in total. The van der Waals surface area contributed by atoms with Crippen LogP contribution in [0.2, 0.25) is 0 Å². The van der Waals surface area contributed by atoms with Gasteiger partial charge in [0.25, 0.3) is 0 Å². The summed E-state index contributed by atoms with van der Waals surface area (Å²) >= 11 is 0. The first kappa shape index (κ1) is 32.9. The highest BCUT2D eigenvalue weighted by molar-refractivity contribution is 6.29. The van der Waals surface area contributed by atoms with Gasteiger partial charge in [-0.1, -0.05) is 194 Å². The van der Waals surface area contributed by atoms with E-state index in [0.717, 1.165) is 38.5 Å². The molecule has 14 aromatic rings. The van der Waals surface area contributed by atoms with Gasteiger partial charge in [-0.05, 0) is 121 Å². The van der Waals surface area contributed by atoms with Gasteiger partial charge in [-0.2, -0.15) is 0 Å². The summed E-state index contributed by atoms with van der Waals surface area (Å²) in [5.41, 5.74) is 11.4. The summed E-state index contributed by atoms with van der Waals surface area (Å²) in [6.07, 6.45) is 0. The van der Waals surface area contributed by atoms with Gasteiger partial charge in [0.2, 0.25) is 0 Å². The van der Waals surface area contributed by atoms with Crippen molar-refractivity contribution in [3.63, 3.8) is 0 Å². The van der Waals surface area contributed by atoms with E-state index in [2.05, 4.69) is 206 Å². The van der Waals surface area contributed by atoms with E-state index >= 15 is 0 Å². The van der Waals surface area contributed by atoms with E-state index in [9.17, 15) is 0 Å². The highest BCUT2D eigenvalue weighted by Crippen LogP contribution is 2.48. The first-order chi connectivity index (χ1) is 30.2. The van der Waals surface area contributed by atoms with Gasteiger partial charge < -0.3 is 4.42 Å². The number of furan rings is 1. The third-order valence-electron chi connectivity index (χ3n) is 13.6. The maximum atomic E-state index is 7.14. The molecule has 13 aromatic carbocycles. The second-order valence-electron chi connectivity index (χ2n) is 16.7. The minimum atomic E-state index is 0.921. The van der Waals surface area contributed by atoms with Gasteiger partial charge in [0.15, 0.2) is 0 Å². The van der Waals surface area contributed by atoms with E-state index < -0.39 is 0 Å². The van der Waals surface area contributed by atoms with Crippen LogP contribution in [0, 0.1) is 0 Å². The molecule has 0 aliphatic rings. The molecule has 0 saturated carbocycles. The van der Waals surface area contributed by atoms with Crippen molar-refractivity contribution in [1.82, 2.24) is 0 Å². The van der Waals surface area contributed by atoms with Gasteiger partial charge in [0.05, 0.1) is 0 Å². The van der Waals surface area contributed by atoms with Crippen LogP contribution in [0.1, 0.15) is 0 Å². The lowest BCUT2D eigenvalue weighted by atomic mass is 9.86. The second kappa shape index (κ2) is 12.3. The topological polar surface area (TPSA) is 13.1 Å². The van der Waals surface area contributed by atoms with E-state index in [1.165, 1.54) is 103 Å². The third-order valence-corrected chi connectivity index (χ3v) is 13.6. The molecule has 0 amide bonds. The first-order valence-corrected chi connectivity index (χ1v) is 21.2. The number of rotatable bonds is 4. The van der Waals surface area contributed by atoms with E-state index in [0.29, 0.717) is 0 Å². The average molecular weight is 771 g/mol. The van der Waals surface area contributed by atoms with Crippen molar-refractivity contribution >= 4 is 97.3 Å². The molecule has 0 aliphatic carbocycles. The summed E-state index contributed by atoms with van der Waals surface area (Å²) < 4.78 is 7.14. The van der Waals surface area contributed by atoms with E-state index in [-0.39, 0.29) is 0 Å². The summed E-state index contributed by atoms with van der Waals surface area (Å²) in [5.74, 6) is 0. The molecule has 61 heavy (non-hydrogen) atoms. The van der Waals surface area contributed by atoms with Gasteiger partial charge in [-0.3, -0.25) is 0 Å². The van der Waals surface area contributed by atoms with Crippen molar-refractivity contribution in [2.75, 3.05) is 0 Å². The summed E-state index contributed by atoms with van der Waals surface area (Å²) in [6.45, 7) is 0. The Bertz CT molecular complexity index is 4060. The van der Waals surface area contributed by atoms with Gasteiger partial charge in [-0.15, -0.1) is 0 Å². The van der Waals surface area contributed by atoms with Gasteiger partial charge in [-0.25, -0.2) is 0 Å². The summed E-state index contributed by atoms with van der Waals surface area (Å²) in [6, 6.07) is 76.2. The molecular weight excluding hydrogens is 737 g/mol. The SMILES string of the molecule is c1ccc(-c2ccc3ccc4c(-c5ccc(-c6ccc(-c7ccc8ccc9cccc%10ccc7c8c9%10)c7oc8c9ccccc9ccc8c67)cc5)ccc5ccc2c3c54)cc1. The molecule has 0 saturated heterocycles. The van der Waals surface area contributed by atoms with Gasteiger partial charge in [0, 0.05) is 21.7 Å². The van der Waals surface area contributed by atoms with Crippen LogP contribution >= 0.6 is 0 Å². The number of benzene rings is 13. The zero-order valence-electron chi connectivity index (χ0n) is 33.0. The Labute approximate surface area is 351 Å². The van der Waals surface area contributed by atoms with Crippen LogP contribution < -0.4 is 0 Å². The quantitative estimate of drug-likeness (QED) is 0.162. The molecule has 0 unspecified atom stereocenters. The zero-order chi connectivity index (χ0) is 39.8. The van der Waals surface area contributed by atoms with Crippen LogP contribution in [-0.2, 0) is 0 Å². The van der Waals surface area contributed by atoms with E-state index in [1.807, 2.05) is 0 Å². The van der Waals surface area contributed by atoms with Crippen molar-refractivity contribution in [3.8, 4) is 44.5 Å². The van der Waals surface area contributed by atoms with Crippen molar-refractivity contribution < 1.29 is 4.42 Å².